The molecule has 0 atom stereocenters. The van der Waals surface area contributed by atoms with Gasteiger partial charge in [-0.25, -0.2) is 0 Å². The van der Waals surface area contributed by atoms with Crippen LogP contribution in [0.5, 0.6) is 0 Å². The molecule has 0 fully saturated rings. The first-order valence-corrected chi connectivity index (χ1v) is 6.06. The van der Waals surface area contributed by atoms with Crippen molar-refractivity contribution in [2.24, 2.45) is 5.73 Å². The smallest absolute Gasteiger partial charge is 0.250 e. The third-order valence-electron chi connectivity index (χ3n) is 3.31. The standard InChI is InChI=1S/C16H16N2O/c1-4-10-18-12(3)14(16(17)19)11(2)15(18)13-8-6-5-7-9-13/h1,5-9H,10H2,2-3H3,(H2,17,19). The number of terminal acetylenes is 1. The maximum Gasteiger partial charge on any atom is 0.250 e. The van der Waals surface area contributed by atoms with Crippen LogP contribution in [0.15, 0.2) is 30.3 Å². The molecule has 1 aromatic carbocycles. The molecule has 1 aromatic heterocycles. The lowest BCUT2D eigenvalue weighted by Gasteiger charge is -2.09. The molecule has 2 aromatic rings. The number of nitrogens with zero attached hydrogens (tertiary/aromatic N) is 1. The fourth-order valence-electron chi connectivity index (χ4n) is 2.52. The number of hydrogen-bond acceptors (Lipinski definition) is 1. The van der Waals surface area contributed by atoms with Crippen LogP contribution in [0.1, 0.15) is 21.6 Å². The Morgan fingerprint density at radius 3 is 2.47 bits per heavy atom. The zero-order valence-electron chi connectivity index (χ0n) is 11.1. The lowest BCUT2D eigenvalue weighted by atomic mass is 10.1. The summed E-state index contributed by atoms with van der Waals surface area (Å²) in [5, 5.41) is 0. The van der Waals surface area contributed by atoms with E-state index in [-0.39, 0.29) is 0 Å². The van der Waals surface area contributed by atoms with Gasteiger partial charge in [0.2, 0.25) is 0 Å². The summed E-state index contributed by atoms with van der Waals surface area (Å²) in [6.45, 7) is 4.20. The molecule has 96 valence electrons. The fraction of sp³-hybridized carbons (Fsp3) is 0.188. The van der Waals surface area contributed by atoms with E-state index in [9.17, 15) is 4.79 Å². The molecule has 0 aliphatic carbocycles. The summed E-state index contributed by atoms with van der Waals surface area (Å²) >= 11 is 0. The van der Waals surface area contributed by atoms with Gasteiger partial charge in [-0.1, -0.05) is 36.3 Å². The first kappa shape index (κ1) is 13.0. The van der Waals surface area contributed by atoms with Crippen LogP contribution in [0.3, 0.4) is 0 Å². The number of nitrogens with two attached hydrogens (primary N) is 1. The van der Waals surface area contributed by atoms with Crippen molar-refractivity contribution < 1.29 is 4.79 Å². The van der Waals surface area contributed by atoms with Gasteiger partial charge < -0.3 is 10.3 Å². The highest BCUT2D eigenvalue weighted by Crippen LogP contribution is 2.30. The Morgan fingerprint density at radius 2 is 1.95 bits per heavy atom. The van der Waals surface area contributed by atoms with Gasteiger partial charge in [-0.2, -0.15) is 0 Å². The van der Waals surface area contributed by atoms with Crippen molar-refractivity contribution in [1.29, 1.82) is 0 Å². The molecular weight excluding hydrogens is 236 g/mol. The Bertz CT molecular complexity index is 660. The maximum atomic E-state index is 11.6. The van der Waals surface area contributed by atoms with E-state index in [0.717, 1.165) is 22.5 Å². The van der Waals surface area contributed by atoms with Crippen LogP contribution in [0.2, 0.25) is 0 Å². The second kappa shape index (κ2) is 5.03. The summed E-state index contributed by atoms with van der Waals surface area (Å²) in [5.41, 5.74) is 9.73. The van der Waals surface area contributed by atoms with Crippen molar-refractivity contribution in [1.82, 2.24) is 4.57 Å². The fourth-order valence-corrected chi connectivity index (χ4v) is 2.52. The molecule has 0 aliphatic heterocycles. The third kappa shape index (κ3) is 2.13. The molecule has 3 nitrogen and oxygen atoms in total. The number of carbonyl (C=O) groups excluding carboxylic acids is 1. The largest absolute Gasteiger partial charge is 0.366 e. The summed E-state index contributed by atoms with van der Waals surface area (Å²) in [6, 6.07) is 9.87. The van der Waals surface area contributed by atoms with Gasteiger partial charge in [0.15, 0.2) is 0 Å². The van der Waals surface area contributed by atoms with E-state index in [2.05, 4.69) is 5.92 Å². The Hall–Kier alpha value is -2.47. The minimum atomic E-state index is -0.414. The second-order valence-electron chi connectivity index (χ2n) is 4.45. The molecule has 2 rings (SSSR count). The van der Waals surface area contributed by atoms with Gasteiger partial charge in [0.1, 0.15) is 0 Å². The van der Waals surface area contributed by atoms with Gasteiger partial charge in [0, 0.05) is 5.69 Å². The molecule has 0 saturated heterocycles. The summed E-state index contributed by atoms with van der Waals surface area (Å²) in [6.07, 6.45) is 5.42. The number of hydrogen-bond donors (Lipinski definition) is 1. The topological polar surface area (TPSA) is 48.0 Å². The quantitative estimate of drug-likeness (QED) is 0.838. The van der Waals surface area contributed by atoms with Gasteiger partial charge in [-0.15, -0.1) is 6.42 Å². The van der Waals surface area contributed by atoms with Crippen LogP contribution in [0, 0.1) is 26.2 Å². The minimum absolute atomic E-state index is 0.414. The van der Waals surface area contributed by atoms with Gasteiger partial charge >= 0.3 is 0 Å². The molecule has 0 saturated carbocycles. The Balaban J connectivity index is 2.76. The minimum Gasteiger partial charge on any atom is -0.366 e. The summed E-state index contributed by atoms with van der Waals surface area (Å²) < 4.78 is 1.96. The van der Waals surface area contributed by atoms with Crippen molar-refractivity contribution >= 4 is 5.91 Å². The predicted octanol–water partition coefficient (Wildman–Crippen LogP) is 2.50. The zero-order chi connectivity index (χ0) is 14.0. The number of benzene rings is 1. The van der Waals surface area contributed by atoms with E-state index < -0.39 is 5.91 Å². The van der Waals surface area contributed by atoms with Gasteiger partial charge in [-0.05, 0) is 25.0 Å². The molecule has 0 bridgehead atoms. The van der Waals surface area contributed by atoms with Crippen LogP contribution < -0.4 is 5.73 Å². The summed E-state index contributed by atoms with van der Waals surface area (Å²) in [4.78, 5) is 11.6. The van der Waals surface area contributed by atoms with E-state index in [4.69, 9.17) is 12.2 Å². The lowest BCUT2D eigenvalue weighted by molar-refractivity contribution is 0.0999. The van der Waals surface area contributed by atoms with Crippen molar-refractivity contribution in [2.45, 2.75) is 20.4 Å². The average Bonchev–Trinajstić information content (AvgIpc) is 2.63. The maximum absolute atomic E-state index is 11.6. The summed E-state index contributed by atoms with van der Waals surface area (Å²) in [7, 11) is 0. The van der Waals surface area contributed by atoms with Gasteiger partial charge in [0.25, 0.3) is 5.91 Å². The molecular formula is C16H16N2O. The first-order chi connectivity index (χ1) is 9.07. The molecule has 19 heavy (non-hydrogen) atoms. The van der Waals surface area contributed by atoms with Crippen molar-refractivity contribution in [3.63, 3.8) is 0 Å². The van der Waals surface area contributed by atoms with E-state index in [1.54, 1.807) is 0 Å². The van der Waals surface area contributed by atoms with E-state index in [1.807, 2.05) is 48.7 Å². The van der Waals surface area contributed by atoms with E-state index >= 15 is 0 Å². The van der Waals surface area contributed by atoms with Gasteiger partial charge in [0.05, 0.1) is 17.8 Å². The third-order valence-corrected chi connectivity index (χ3v) is 3.31. The second-order valence-corrected chi connectivity index (χ2v) is 4.45. The molecule has 1 amide bonds. The highest BCUT2D eigenvalue weighted by Gasteiger charge is 2.21. The lowest BCUT2D eigenvalue weighted by Crippen LogP contribution is -2.13. The first-order valence-electron chi connectivity index (χ1n) is 6.06. The Kier molecular flexibility index (Phi) is 3.43. The van der Waals surface area contributed by atoms with Crippen LogP contribution in [-0.2, 0) is 6.54 Å². The monoisotopic (exact) mass is 252 g/mol. The molecule has 1 heterocycles. The molecule has 0 radical (unpaired) electrons. The van der Waals surface area contributed by atoms with Crippen molar-refractivity contribution in [2.75, 3.05) is 0 Å². The number of aromatic nitrogens is 1. The zero-order valence-corrected chi connectivity index (χ0v) is 11.1. The van der Waals surface area contributed by atoms with Crippen LogP contribution >= 0.6 is 0 Å². The molecule has 0 spiro atoms. The SMILES string of the molecule is C#CCn1c(C)c(C(N)=O)c(C)c1-c1ccccc1. The normalized spacial score (nSPS) is 10.2. The molecule has 0 unspecified atom stereocenters. The number of primary amides is 1. The predicted molar refractivity (Wildman–Crippen MR) is 76.7 cm³/mol. The summed E-state index contributed by atoms with van der Waals surface area (Å²) in [5.74, 6) is 2.21. The van der Waals surface area contributed by atoms with E-state index in [0.29, 0.717) is 12.1 Å². The number of amides is 1. The highest BCUT2D eigenvalue weighted by atomic mass is 16.1. The number of carbonyl (C=O) groups is 1. The highest BCUT2D eigenvalue weighted by molar-refractivity contribution is 5.97. The Labute approximate surface area is 113 Å². The molecule has 3 heteroatoms. The van der Waals surface area contributed by atoms with E-state index in [1.165, 1.54) is 0 Å². The number of rotatable bonds is 3. The average molecular weight is 252 g/mol. The van der Waals surface area contributed by atoms with Gasteiger partial charge in [-0.3, -0.25) is 4.79 Å². The molecule has 0 aliphatic rings. The van der Waals surface area contributed by atoms with Crippen LogP contribution in [0.25, 0.3) is 11.3 Å². The van der Waals surface area contributed by atoms with Crippen molar-refractivity contribution in [3.8, 4) is 23.6 Å². The Morgan fingerprint density at radius 1 is 1.32 bits per heavy atom. The molecule has 2 N–H and O–H groups in total. The van der Waals surface area contributed by atoms with Crippen LogP contribution in [-0.4, -0.2) is 10.5 Å². The van der Waals surface area contributed by atoms with Crippen molar-refractivity contribution in [3.05, 3.63) is 47.2 Å². The van der Waals surface area contributed by atoms with Crippen LogP contribution in [0.4, 0.5) is 0 Å².